The normalized spacial score (nSPS) is 17.2. The largest absolute Gasteiger partial charge is 0.542 e. The Hall–Kier alpha value is -3.19. The molecule has 3 saturated heterocycles. The lowest BCUT2D eigenvalue weighted by atomic mass is 9.90. The van der Waals surface area contributed by atoms with Crippen LogP contribution in [0.3, 0.4) is 0 Å². The Kier molecular flexibility index (Phi) is 18.6. The third-order valence-corrected chi connectivity index (χ3v) is 19.1. The molecule has 0 unspecified atom stereocenters. The Bertz CT molecular complexity index is 2160. The number of ether oxygens (including phenoxy) is 1. The van der Waals surface area contributed by atoms with Crippen LogP contribution in [0.2, 0.25) is 28.2 Å². The quantitative estimate of drug-likeness (QED) is 0.131. The van der Waals surface area contributed by atoms with Crippen molar-refractivity contribution in [2.75, 3.05) is 48.8 Å². The summed E-state index contributed by atoms with van der Waals surface area (Å²) in [6.07, 6.45) is 8.40. The molecule has 3 N–H and O–H groups in total. The van der Waals surface area contributed by atoms with Crippen molar-refractivity contribution < 1.29 is 31.1 Å². The minimum atomic E-state index is -3.65. The average Bonchev–Trinajstić information content (AvgIpc) is 3.81. The predicted octanol–water partition coefficient (Wildman–Crippen LogP) is 9.85. The maximum atomic E-state index is 12.8. The molecule has 0 amide bonds. The van der Waals surface area contributed by atoms with Crippen molar-refractivity contribution >= 4 is 76.0 Å². The van der Waals surface area contributed by atoms with E-state index in [1.54, 1.807) is 18.3 Å². The van der Waals surface area contributed by atoms with Gasteiger partial charge in [0.1, 0.15) is 23.1 Å². The lowest BCUT2D eigenvalue weighted by Crippen LogP contribution is -2.43. The van der Waals surface area contributed by atoms with Gasteiger partial charge in [-0.15, -0.1) is 12.4 Å². The second-order valence-electron chi connectivity index (χ2n) is 16.6. The molecule has 13 nitrogen and oxygen atoms in total. The second-order valence-corrected chi connectivity index (χ2v) is 25.6. The Morgan fingerprint density at radius 3 is 1.43 bits per heavy atom. The molecular formula is C42H59Cl3N6O7S2Si. The molecule has 0 atom stereocenters. The number of piperidine rings is 2. The number of hydrogen-bond acceptors (Lipinski definition) is 9. The topological polar surface area (TPSA) is 163 Å². The van der Waals surface area contributed by atoms with E-state index in [9.17, 15) is 21.9 Å². The number of halogens is 3. The van der Waals surface area contributed by atoms with Crippen molar-refractivity contribution in [1.82, 2.24) is 18.6 Å². The van der Waals surface area contributed by atoms with E-state index in [2.05, 4.69) is 53.3 Å². The van der Waals surface area contributed by atoms with Crippen LogP contribution in [0.4, 0.5) is 11.6 Å². The van der Waals surface area contributed by atoms with E-state index < -0.39 is 28.7 Å². The van der Waals surface area contributed by atoms with Gasteiger partial charge in [-0.05, 0) is 128 Å². The zero-order chi connectivity index (χ0) is 43.6. The van der Waals surface area contributed by atoms with Crippen LogP contribution in [0.1, 0.15) is 82.3 Å². The first-order valence-electron chi connectivity index (χ1n) is 20.3. The van der Waals surface area contributed by atoms with E-state index in [4.69, 9.17) is 32.4 Å². The van der Waals surface area contributed by atoms with E-state index in [1.165, 1.54) is 50.9 Å². The standard InChI is InChI=1S/C22H32ClN3O3SSi.C16H18ClN3O3S.C4H8O.ClH/c1-22(2,3)31(4,5)29-20-10-11-21(24-16-20)25-30(27,28)26-14-12-18(13-15-26)17-6-8-19(23)9-7-17;17-14-3-1-12(2-4-14)13-7-9-20(10-8-13)24(22,23)19-16-6-5-15(21)11-18-16;1-2-4-5-3-1;/h6-11,16,18H,12-15H2,1-5H3,(H,24,25);1-6,11,13,21H,7-10H2,(H,18,19);1-4H2;1H. The van der Waals surface area contributed by atoms with E-state index in [-0.39, 0.29) is 29.0 Å². The Morgan fingerprint density at radius 1 is 0.689 bits per heavy atom. The minimum absolute atomic E-state index is 0. The van der Waals surface area contributed by atoms with Crippen LogP contribution in [0.25, 0.3) is 0 Å². The molecule has 0 saturated carbocycles. The molecule has 0 aliphatic carbocycles. The van der Waals surface area contributed by atoms with Gasteiger partial charge in [0.2, 0.25) is 0 Å². The molecule has 336 valence electrons. The number of nitrogens with zero attached hydrogens (tertiary/aromatic N) is 4. The van der Waals surface area contributed by atoms with Crippen molar-refractivity contribution in [2.45, 2.75) is 89.3 Å². The van der Waals surface area contributed by atoms with Crippen LogP contribution in [-0.4, -0.2) is 88.2 Å². The van der Waals surface area contributed by atoms with Gasteiger partial charge in [-0.25, -0.2) is 9.97 Å². The van der Waals surface area contributed by atoms with Crippen LogP contribution >= 0.6 is 35.6 Å². The Morgan fingerprint density at radius 2 is 1.10 bits per heavy atom. The maximum Gasteiger partial charge on any atom is 0.302 e. The van der Waals surface area contributed by atoms with Gasteiger partial charge < -0.3 is 14.3 Å². The minimum Gasteiger partial charge on any atom is -0.542 e. The molecule has 0 spiro atoms. The van der Waals surface area contributed by atoms with Crippen molar-refractivity contribution in [3.05, 3.63) is 106 Å². The lowest BCUT2D eigenvalue weighted by Gasteiger charge is -2.36. The van der Waals surface area contributed by atoms with Crippen molar-refractivity contribution in [2.24, 2.45) is 0 Å². The summed E-state index contributed by atoms with van der Waals surface area (Å²) in [6.45, 7) is 14.7. The molecule has 3 aliphatic rings. The molecular weight excluding hydrogens is 899 g/mol. The van der Waals surface area contributed by atoms with Crippen LogP contribution in [0, 0.1) is 0 Å². The highest BCUT2D eigenvalue weighted by Gasteiger charge is 2.39. The molecule has 61 heavy (non-hydrogen) atoms. The summed E-state index contributed by atoms with van der Waals surface area (Å²) in [4.78, 5) is 8.11. The molecule has 0 bridgehead atoms. The summed E-state index contributed by atoms with van der Waals surface area (Å²) in [7, 11) is -9.26. The fourth-order valence-electron chi connectivity index (χ4n) is 6.63. The predicted molar refractivity (Wildman–Crippen MR) is 250 cm³/mol. The van der Waals surface area contributed by atoms with Crippen molar-refractivity contribution in [1.29, 1.82) is 0 Å². The van der Waals surface area contributed by atoms with Gasteiger partial charge in [0, 0.05) is 49.4 Å². The van der Waals surface area contributed by atoms with Crippen molar-refractivity contribution in [3.63, 3.8) is 0 Å². The molecule has 3 aliphatic heterocycles. The monoisotopic (exact) mass is 956 g/mol. The summed E-state index contributed by atoms with van der Waals surface area (Å²) in [6, 6.07) is 21.8. The molecule has 2 aromatic carbocycles. The summed E-state index contributed by atoms with van der Waals surface area (Å²) < 4.78 is 69.6. The summed E-state index contributed by atoms with van der Waals surface area (Å²) in [5.74, 6) is 1.81. The molecule has 19 heteroatoms. The molecule has 0 radical (unpaired) electrons. The molecule has 3 fully saturated rings. The maximum absolute atomic E-state index is 12.8. The third kappa shape index (κ3) is 15.2. The fourth-order valence-corrected chi connectivity index (χ4v) is 10.3. The number of pyridine rings is 2. The van der Waals surface area contributed by atoms with Crippen LogP contribution in [0.5, 0.6) is 11.5 Å². The van der Waals surface area contributed by atoms with Gasteiger partial charge in [-0.1, -0.05) is 68.2 Å². The van der Waals surface area contributed by atoms with Gasteiger partial charge in [0.15, 0.2) is 0 Å². The fraction of sp³-hybridized carbons (Fsp3) is 0.476. The highest BCUT2D eigenvalue weighted by atomic mass is 35.5. The number of rotatable bonds is 10. The van der Waals surface area contributed by atoms with Crippen LogP contribution in [-0.2, 0) is 25.2 Å². The zero-order valence-corrected chi connectivity index (χ0v) is 40.4. The van der Waals surface area contributed by atoms with E-state index in [0.717, 1.165) is 38.9 Å². The Labute approximate surface area is 379 Å². The van der Waals surface area contributed by atoms with E-state index in [1.807, 2.05) is 48.5 Å². The molecule has 7 rings (SSSR count). The highest BCUT2D eigenvalue weighted by molar-refractivity contribution is 7.90. The SMILES string of the molecule is C1CCOC1.CC(C)(C)[Si](C)(C)Oc1ccc(NS(=O)(=O)N2CCC(c3ccc(Cl)cc3)CC2)nc1.Cl.O=S(=O)(Nc1ccc(O)cn1)N1CCC(c2ccc(Cl)cc2)CC1. The first kappa shape index (κ1) is 50.5. The van der Waals surface area contributed by atoms with Crippen LogP contribution < -0.4 is 13.9 Å². The van der Waals surface area contributed by atoms with E-state index >= 15 is 0 Å². The van der Waals surface area contributed by atoms with Gasteiger partial charge >= 0.3 is 20.4 Å². The van der Waals surface area contributed by atoms with Crippen LogP contribution in [0.15, 0.2) is 85.2 Å². The smallest absolute Gasteiger partial charge is 0.302 e. The van der Waals surface area contributed by atoms with Gasteiger partial charge in [-0.2, -0.15) is 25.4 Å². The van der Waals surface area contributed by atoms with Gasteiger partial charge in [-0.3, -0.25) is 9.44 Å². The lowest BCUT2D eigenvalue weighted by molar-refractivity contribution is 0.198. The third-order valence-electron chi connectivity index (χ3n) is 11.2. The second kappa shape index (κ2) is 22.4. The highest BCUT2D eigenvalue weighted by Crippen LogP contribution is 2.37. The first-order chi connectivity index (χ1) is 28.3. The van der Waals surface area contributed by atoms with Gasteiger partial charge in [0.05, 0.1) is 12.4 Å². The summed E-state index contributed by atoms with van der Waals surface area (Å²) in [5, 5.41) is 10.7. The molecule has 2 aromatic heterocycles. The molecule has 4 aromatic rings. The average molecular weight is 959 g/mol. The van der Waals surface area contributed by atoms with Gasteiger partial charge in [0.25, 0.3) is 8.32 Å². The van der Waals surface area contributed by atoms with Crippen molar-refractivity contribution in [3.8, 4) is 11.5 Å². The number of aromatic nitrogens is 2. The number of aromatic hydroxyl groups is 1. The summed E-state index contributed by atoms with van der Waals surface area (Å²) >= 11 is 11.9. The Balaban J connectivity index is 0.000000242. The molecule has 5 heterocycles. The zero-order valence-electron chi connectivity index (χ0n) is 35.4. The first-order valence-corrected chi connectivity index (χ1v) is 26.8. The summed E-state index contributed by atoms with van der Waals surface area (Å²) in [5.41, 5.74) is 2.39. The number of benzene rings is 2. The number of nitrogens with one attached hydrogen (secondary N) is 2. The number of hydrogen-bond donors (Lipinski definition) is 3. The van der Waals surface area contributed by atoms with E-state index in [0.29, 0.717) is 59.6 Å². The number of anilines is 2.